The predicted molar refractivity (Wildman–Crippen MR) is 130 cm³/mol. The number of hydrogen-bond acceptors (Lipinski definition) is 3. The highest BCUT2D eigenvalue weighted by Crippen LogP contribution is 2.48. The van der Waals surface area contributed by atoms with Crippen molar-refractivity contribution in [3.05, 3.63) is 99.0 Å². The summed E-state index contributed by atoms with van der Waals surface area (Å²) in [5, 5.41) is 7.23. The fourth-order valence-electron chi connectivity index (χ4n) is 4.35. The molecule has 5 rings (SSSR count). The molecule has 2 atom stereocenters. The zero-order valence-electron chi connectivity index (χ0n) is 18.4. The number of fused-ring (bicyclic) bond motifs is 3. The summed E-state index contributed by atoms with van der Waals surface area (Å²) in [5.41, 5.74) is 7.30. The fourth-order valence-corrected chi connectivity index (χ4v) is 4.73. The highest BCUT2D eigenvalue weighted by Gasteiger charge is 2.41. The van der Waals surface area contributed by atoms with E-state index in [4.69, 9.17) is 9.84 Å². The Morgan fingerprint density at radius 2 is 1.68 bits per heavy atom. The second kappa shape index (κ2) is 7.52. The van der Waals surface area contributed by atoms with Crippen molar-refractivity contribution in [2.75, 3.05) is 0 Å². The highest BCUT2D eigenvalue weighted by atomic mass is 79.9. The largest absolute Gasteiger partial charge is 0.464 e. The van der Waals surface area contributed by atoms with E-state index in [2.05, 4.69) is 109 Å². The van der Waals surface area contributed by atoms with Gasteiger partial charge in [-0.25, -0.2) is 5.01 Å². The zero-order chi connectivity index (χ0) is 21.8. The average Bonchev–Trinajstić information content (AvgIpc) is 3.19. The van der Waals surface area contributed by atoms with E-state index in [0.717, 1.165) is 27.9 Å². The Hall–Kier alpha value is -2.59. The van der Waals surface area contributed by atoms with Crippen LogP contribution in [0, 0.1) is 6.92 Å². The molecule has 0 N–H and O–H groups in total. The summed E-state index contributed by atoms with van der Waals surface area (Å²) in [6.45, 7) is 8.83. The number of hydrogen-bond donors (Lipinski definition) is 0. The van der Waals surface area contributed by atoms with E-state index in [1.807, 2.05) is 6.07 Å². The van der Waals surface area contributed by atoms with Crippen molar-refractivity contribution in [2.24, 2.45) is 5.10 Å². The van der Waals surface area contributed by atoms with Crippen LogP contribution >= 0.6 is 15.9 Å². The zero-order valence-corrected chi connectivity index (χ0v) is 20.0. The first-order valence-electron chi connectivity index (χ1n) is 10.8. The van der Waals surface area contributed by atoms with Crippen LogP contribution in [0.4, 0.5) is 0 Å². The van der Waals surface area contributed by atoms with E-state index in [1.54, 1.807) is 0 Å². The second-order valence-corrected chi connectivity index (χ2v) is 10.5. The molecule has 4 heteroatoms. The minimum absolute atomic E-state index is 0.123. The van der Waals surface area contributed by atoms with Gasteiger partial charge in [0.2, 0.25) is 6.23 Å². The number of halogens is 1. The minimum Gasteiger partial charge on any atom is -0.464 e. The average molecular weight is 475 g/mol. The fraction of sp³-hybridized carbons (Fsp3) is 0.296. The molecule has 31 heavy (non-hydrogen) atoms. The smallest absolute Gasteiger partial charge is 0.213 e. The van der Waals surface area contributed by atoms with E-state index >= 15 is 0 Å². The Balaban J connectivity index is 1.56. The summed E-state index contributed by atoms with van der Waals surface area (Å²) in [6.07, 6.45) is 0.627. The molecule has 0 unspecified atom stereocenters. The molecule has 0 aliphatic carbocycles. The Morgan fingerprint density at radius 1 is 0.968 bits per heavy atom. The molecular weight excluding hydrogens is 448 g/mol. The van der Waals surface area contributed by atoms with Gasteiger partial charge in [0.1, 0.15) is 5.75 Å². The van der Waals surface area contributed by atoms with E-state index < -0.39 is 0 Å². The molecule has 0 aromatic heterocycles. The quantitative estimate of drug-likeness (QED) is 0.389. The van der Waals surface area contributed by atoms with Gasteiger partial charge in [-0.3, -0.25) is 0 Å². The van der Waals surface area contributed by atoms with Gasteiger partial charge in [-0.1, -0.05) is 90.8 Å². The lowest BCUT2D eigenvalue weighted by atomic mass is 9.86. The lowest BCUT2D eigenvalue weighted by Crippen LogP contribution is -2.33. The van der Waals surface area contributed by atoms with Crippen LogP contribution in [0.15, 0.2) is 76.3 Å². The molecule has 0 fully saturated rings. The molecule has 0 radical (unpaired) electrons. The predicted octanol–water partition coefficient (Wildman–Crippen LogP) is 7.30. The van der Waals surface area contributed by atoms with Gasteiger partial charge in [0.15, 0.2) is 0 Å². The molecule has 3 aromatic carbocycles. The van der Waals surface area contributed by atoms with Crippen LogP contribution in [0.25, 0.3) is 0 Å². The van der Waals surface area contributed by atoms with E-state index in [1.165, 1.54) is 22.3 Å². The van der Waals surface area contributed by atoms with Crippen molar-refractivity contribution >= 4 is 21.6 Å². The topological polar surface area (TPSA) is 24.8 Å². The molecule has 2 aliphatic rings. The Bertz CT molecular complexity index is 1140. The molecule has 0 spiro atoms. The van der Waals surface area contributed by atoms with Crippen LogP contribution in [0.5, 0.6) is 5.75 Å². The van der Waals surface area contributed by atoms with E-state index in [-0.39, 0.29) is 17.7 Å². The standard InChI is InChI=1S/C27H27BrN2O/c1-17-5-7-18(8-6-17)23-16-24-22-15-21(28)13-14-25(22)31-26(30(24)29-23)19-9-11-20(12-10-19)27(2,3)4/h5-15,24,26H,16H2,1-4H3/t24-,26+/m1/s1. The van der Waals surface area contributed by atoms with Crippen LogP contribution in [0.3, 0.4) is 0 Å². The summed E-state index contributed by atoms with van der Waals surface area (Å²) < 4.78 is 7.58. The lowest BCUT2D eigenvalue weighted by molar-refractivity contribution is -0.0191. The summed E-state index contributed by atoms with van der Waals surface area (Å²) >= 11 is 3.63. The highest BCUT2D eigenvalue weighted by molar-refractivity contribution is 9.10. The molecule has 0 saturated carbocycles. The number of hydrazone groups is 1. The van der Waals surface area contributed by atoms with Crippen LogP contribution in [-0.2, 0) is 5.41 Å². The van der Waals surface area contributed by atoms with E-state index in [9.17, 15) is 0 Å². The maximum atomic E-state index is 6.51. The van der Waals surface area contributed by atoms with E-state index in [0.29, 0.717) is 0 Å². The number of ether oxygens (including phenoxy) is 1. The van der Waals surface area contributed by atoms with Crippen LogP contribution < -0.4 is 4.74 Å². The molecule has 158 valence electrons. The van der Waals surface area contributed by atoms with Crippen LogP contribution in [0.2, 0.25) is 0 Å². The van der Waals surface area contributed by atoms with Crippen molar-refractivity contribution in [1.29, 1.82) is 0 Å². The van der Waals surface area contributed by atoms with Crippen LogP contribution in [0.1, 0.15) is 67.3 Å². The molecule has 3 aromatic rings. The van der Waals surface area contributed by atoms with Crippen LogP contribution in [-0.4, -0.2) is 10.7 Å². The molecular formula is C27H27BrN2O. The van der Waals surface area contributed by atoms with Gasteiger partial charge in [-0.05, 0) is 41.7 Å². The molecule has 2 aliphatic heterocycles. The molecule has 0 bridgehead atoms. The van der Waals surface area contributed by atoms with Crippen molar-refractivity contribution in [1.82, 2.24) is 5.01 Å². The van der Waals surface area contributed by atoms with Gasteiger partial charge in [0, 0.05) is 22.0 Å². The number of rotatable bonds is 2. The normalized spacial score (nSPS) is 20.0. The summed E-state index contributed by atoms with van der Waals surface area (Å²) in [5.74, 6) is 0.940. The van der Waals surface area contributed by atoms with Crippen molar-refractivity contribution in [3.8, 4) is 5.75 Å². The maximum absolute atomic E-state index is 6.51. The third kappa shape index (κ3) is 3.78. The van der Waals surface area contributed by atoms with Crippen molar-refractivity contribution in [2.45, 2.75) is 51.8 Å². The van der Waals surface area contributed by atoms with Gasteiger partial charge in [-0.2, -0.15) is 5.10 Å². The Morgan fingerprint density at radius 3 is 2.35 bits per heavy atom. The van der Waals surface area contributed by atoms with Gasteiger partial charge in [0.25, 0.3) is 0 Å². The third-order valence-electron chi connectivity index (χ3n) is 6.20. The molecule has 2 heterocycles. The number of benzene rings is 3. The number of aryl methyl sites for hydroxylation is 1. The lowest BCUT2D eigenvalue weighted by Gasteiger charge is -2.38. The summed E-state index contributed by atoms with van der Waals surface area (Å²) in [6, 6.07) is 23.9. The second-order valence-electron chi connectivity index (χ2n) is 9.54. The van der Waals surface area contributed by atoms with Crippen molar-refractivity contribution in [3.63, 3.8) is 0 Å². The van der Waals surface area contributed by atoms with Gasteiger partial charge in [0.05, 0.1) is 11.8 Å². The Kier molecular flexibility index (Phi) is 4.93. The third-order valence-corrected chi connectivity index (χ3v) is 6.69. The minimum atomic E-state index is -0.240. The Labute approximate surface area is 192 Å². The first-order valence-corrected chi connectivity index (χ1v) is 11.6. The first-order chi connectivity index (χ1) is 14.8. The number of nitrogens with zero attached hydrogens (tertiary/aromatic N) is 2. The maximum Gasteiger partial charge on any atom is 0.213 e. The molecule has 0 amide bonds. The summed E-state index contributed by atoms with van der Waals surface area (Å²) in [4.78, 5) is 0. The van der Waals surface area contributed by atoms with Gasteiger partial charge in [-0.15, -0.1) is 0 Å². The van der Waals surface area contributed by atoms with Crippen molar-refractivity contribution < 1.29 is 4.74 Å². The SMILES string of the molecule is Cc1ccc(C2=NN3[C@H](C2)c2cc(Br)ccc2O[C@H]3c2ccc(C(C)(C)C)cc2)cc1. The summed E-state index contributed by atoms with van der Waals surface area (Å²) in [7, 11) is 0. The van der Waals surface area contributed by atoms with Gasteiger partial charge >= 0.3 is 0 Å². The molecule has 0 saturated heterocycles. The van der Waals surface area contributed by atoms with Gasteiger partial charge < -0.3 is 4.74 Å². The molecule has 3 nitrogen and oxygen atoms in total. The monoisotopic (exact) mass is 474 g/mol. The first kappa shape index (κ1) is 20.3.